The topological polar surface area (TPSA) is 44.9 Å². The number of carbonyl (C=O) groups excluding carboxylic acids is 1. The molecule has 2 N–H and O–H groups in total. The molecule has 1 heterocycles. The number of carbonyl (C=O) groups is 1. The molecule has 0 unspecified atom stereocenters. The van der Waals surface area contributed by atoms with Gasteiger partial charge in [-0.15, -0.1) is 0 Å². The van der Waals surface area contributed by atoms with Crippen molar-refractivity contribution >= 4 is 28.4 Å². The van der Waals surface area contributed by atoms with Gasteiger partial charge in [0.25, 0.3) is 0 Å². The molecule has 0 bridgehead atoms. The average Bonchev–Trinajstić information content (AvgIpc) is 2.88. The second kappa shape index (κ2) is 6.02. The summed E-state index contributed by atoms with van der Waals surface area (Å²) >= 11 is 6.01. The number of aromatic amines is 1. The van der Waals surface area contributed by atoms with Gasteiger partial charge in [-0.1, -0.05) is 41.9 Å². The maximum atomic E-state index is 12.1. The van der Waals surface area contributed by atoms with Crippen LogP contribution in [-0.2, 0) is 17.8 Å². The molecule has 0 radical (unpaired) electrons. The lowest BCUT2D eigenvalue weighted by Crippen LogP contribution is -2.24. The van der Waals surface area contributed by atoms with Gasteiger partial charge in [-0.2, -0.15) is 0 Å². The summed E-state index contributed by atoms with van der Waals surface area (Å²) in [5, 5.41) is 4.60. The minimum Gasteiger partial charge on any atom is -0.361 e. The number of benzene rings is 2. The Bertz CT molecular complexity index is 765. The fourth-order valence-electron chi connectivity index (χ4n) is 2.33. The third-order valence-electron chi connectivity index (χ3n) is 3.41. The van der Waals surface area contributed by atoms with Crippen LogP contribution in [0.15, 0.2) is 54.7 Å². The van der Waals surface area contributed by atoms with Gasteiger partial charge in [0.15, 0.2) is 0 Å². The van der Waals surface area contributed by atoms with E-state index in [4.69, 9.17) is 11.6 Å². The molecule has 3 rings (SSSR count). The number of hydrogen-bond donors (Lipinski definition) is 2. The highest BCUT2D eigenvalue weighted by molar-refractivity contribution is 6.31. The van der Waals surface area contributed by atoms with E-state index >= 15 is 0 Å². The molecule has 106 valence electrons. The van der Waals surface area contributed by atoms with Gasteiger partial charge in [0, 0.05) is 28.7 Å². The monoisotopic (exact) mass is 298 g/mol. The van der Waals surface area contributed by atoms with E-state index in [-0.39, 0.29) is 5.91 Å². The van der Waals surface area contributed by atoms with Crippen LogP contribution in [0.2, 0.25) is 5.02 Å². The number of nitrogens with one attached hydrogen (secondary N) is 2. The van der Waals surface area contributed by atoms with Crippen molar-refractivity contribution in [2.45, 2.75) is 13.0 Å². The molecule has 4 heteroatoms. The summed E-state index contributed by atoms with van der Waals surface area (Å²) in [6.07, 6.45) is 2.20. The van der Waals surface area contributed by atoms with Crippen molar-refractivity contribution < 1.29 is 4.79 Å². The van der Waals surface area contributed by atoms with Crippen molar-refractivity contribution in [3.05, 3.63) is 70.9 Å². The zero-order valence-electron chi connectivity index (χ0n) is 11.4. The molecule has 0 aliphatic rings. The van der Waals surface area contributed by atoms with Crippen molar-refractivity contribution in [3.8, 4) is 0 Å². The third-order valence-corrected chi connectivity index (χ3v) is 3.65. The molecular formula is C17H15ClN2O. The lowest BCUT2D eigenvalue weighted by molar-refractivity contribution is -0.120. The highest BCUT2D eigenvalue weighted by atomic mass is 35.5. The zero-order chi connectivity index (χ0) is 14.7. The Labute approximate surface area is 127 Å². The van der Waals surface area contributed by atoms with E-state index in [1.165, 1.54) is 0 Å². The van der Waals surface area contributed by atoms with E-state index in [1.807, 2.05) is 54.7 Å². The van der Waals surface area contributed by atoms with Crippen molar-refractivity contribution in [1.29, 1.82) is 0 Å². The summed E-state index contributed by atoms with van der Waals surface area (Å²) in [5.41, 5.74) is 3.04. The molecule has 0 spiro atoms. The summed E-state index contributed by atoms with van der Waals surface area (Å²) in [5.74, 6) is -0.000251. The van der Waals surface area contributed by atoms with Crippen molar-refractivity contribution in [2.24, 2.45) is 0 Å². The maximum absolute atomic E-state index is 12.1. The Morgan fingerprint density at radius 3 is 2.76 bits per heavy atom. The van der Waals surface area contributed by atoms with Crippen LogP contribution < -0.4 is 5.32 Å². The van der Waals surface area contributed by atoms with E-state index in [2.05, 4.69) is 10.3 Å². The number of H-pyrrole nitrogens is 1. The van der Waals surface area contributed by atoms with Crippen LogP contribution in [-0.4, -0.2) is 10.9 Å². The number of aromatic nitrogens is 1. The Morgan fingerprint density at radius 2 is 1.95 bits per heavy atom. The van der Waals surface area contributed by atoms with Gasteiger partial charge in [-0.05, 0) is 29.3 Å². The van der Waals surface area contributed by atoms with Gasteiger partial charge >= 0.3 is 0 Å². The summed E-state index contributed by atoms with van der Waals surface area (Å²) in [7, 11) is 0. The smallest absolute Gasteiger partial charge is 0.224 e. The summed E-state index contributed by atoms with van der Waals surface area (Å²) in [4.78, 5) is 15.2. The minimum absolute atomic E-state index is 0.000251. The number of fused-ring (bicyclic) bond motifs is 1. The second-order valence-electron chi connectivity index (χ2n) is 4.94. The van der Waals surface area contributed by atoms with Crippen molar-refractivity contribution in [1.82, 2.24) is 10.3 Å². The third kappa shape index (κ3) is 3.26. The van der Waals surface area contributed by atoms with Gasteiger partial charge in [0.1, 0.15) is 0 Å². The maximum Gasteiger partial charge on any atom is 0.224 e. The predicted octanol–water partition coefficient (Wildman–Crippen LogP) is 3.68. The molecule has 0 aliphatic carbocycles. The van der Waals surface area contributed by atoms with Gasteiger partial charge in [0.05, 0.1) is 6.42 Å². The summed E-state index contributed by atoms with van der Waals surface area (Å²) in [6.45, 7) is 0.544. The molecule has 3 aromatic rings. The van der Waals surface area contributed by atoms with Crippen LogP contribution in [0.5, 0.6) is 0 Å². The molecule has 0 aliphatic heterocycles. The van der Waals surface area contributed by atoms with Crippen LogP contribution in [0.4, 0.5) is 0 Å². The average molecular weight is 299 g/mol. The van der Waals surface area contributed by atoms with E-state index in [0.29, 0.717) is 18.0 Å². The van der Waals surface area contributed by atoms with Gasteiger partial charge in [-0.3, -0.25) is 4.79 Å². The molecule has 1 amide bonds. The summed E-state index contributed by atoms with van der Waals surface area (Å²) in [6, 6.07) is 15.5. The van der Waals surface area contributed by atoms with E-state index in [0.717, 1.165) is 22.0 Å². The fraction of sp³-hybridized carbons (Fsp3) is 0.118. The molecule has 3 nitrogen and oxygen atoms in total. The first-order chi connectivity index (χ1) is 10.2. The number of halogens is 1. The molecule has 1 aromatic heterocycles. The molecule has 0 saturated carbocycles. The Morgan fingerprint density at radius 1 is 1.14 bits per heavy atom. The van der Waals surface area contributed by atoms with Crippen LogP contribution in [0, 0.1) is 0 Å². The van der Waals surface area contributed by atoms with Gasteiger partial charge in [0.2, 0.25) is 5.91 Å². The molecule has 0 saturated heterocycles. The largest absolute Gasteiger partial charge is 0.361 e. The predicted molar refractivity (Wildman–Crippen MR) is 85.3 cm³/mol. The van der Waals surface area contributed by atoms with E-state index in [1.54, 1.807) is 0 Å². The zero-order valence-corrected chi connectivity index (χ0v) is 12.2. The Hall–Kier alpha value is -2.26. The fourth-order valence-corrected chi connectivity index (χ4v) is 2.50. The number of rotatable bonds is 4. The first-order valence-corrected chi connectivity index (χ1v) is 7.16. The quantitative estimate of drug-likeness (QED) is 0.758. The lowest BCUT2D eigenvalue weighted by atomic mass is 10.1. The van der Waals surface area contributed by atoms with Crippen molar-refractivity contribution in [3.63, 3.8) is 0 Å². The number of amides is 1. The lowest BCUT2D eigenvalue weighted by Gasteiger charge is -2.05. The Balaban J connectivity index is 1.67. The van der Waals surface area contributed by atoms with Crippen molar-refractivity contribution in [2.75, 3.05) is 0 Å². The first kappa shape index (κ1) is 13.7. The summed E-state index contributed by atoms with van der Waals surface area (Å²) < 4.78 is 0. The second-order valence-corrected chi connectivity index (χ2v) is 5.38. The van der Waals surface area contributed by atoms with Crippen LogP contribution in [0.1, 0.15) is 11.1 Å². The van der Waals surface area contributed by atoms with E-state index < -0.39 is 0 Å². The molecule has 21 heavy (non-hydrogen) atoms. The minimum atomic E-state index is -0.000251. The Kier molecular flexibility index (Phi) is 3.93. The SMILES string of the molecule is O=C(Cc1c[nH]c2ccc(Cl)cc12)NCc1ccccc1. The highest BCUT2D eigenvalue weighted by Crippen LogP contribution is 2.22. The molecular weight excluding hydrogens is 284 g/mol. The standard InChI is InChI=1S/C17H15ClN2O/c18-14-6-7-16-15(9-14)13(11-19-16)8-17(21)20-10-12-4-2-1-3-5-12/h1-7,9,11,19H,8,10H2,(H,20,21). The van der Waals surface area contributed by atoms with Crippen LogP contribution >= 0.6 is 11.6 Å². The van der Waals surface area contributed by atoms with Crippen LogP contribution in [0.25, 0.3) is 10.9 Å². The highest BCUT2D eigenvalue weighted by Gasteiger charge is 2.09. The molecule has 2 aromatic carbocycles. The molecule has 0 atom stereocenters. The first-order valence-electron chi connectivity index (χ1n) is 6.78. The van der Waals surface area contributed by atoms with E-state index in [9.17, 15) is 4.79 Å². The normalized spacial score (nSPS) is 10.7. The van der Waals surface area contributed by atoms with Gasteiger partial charge < -0.3 is 10.3 Å². The van der Waals surface area contributed by atoms with Crippen LogP contribution in [0.3, 0.4) is 0 Å². The molecule has 0 fully saturated rings. The van der Waals surface area contributed by atoms with Gasteiger partial charge in [-0.25, -0.2) is 0 Å². The number of hydrogen-bond acceptors (Lipinski definition) is 1.